The van der Waals surface area contributed by atoms with Crippen LogP contribution >= 0.6 is 11.6 Å². The molecule has 0 aliphatic heterocycles. The monoisotopic (exact) mass is 341 g/mol. The summed E-state index contributed by atoms with van der Waals surface area (Å²) in [5.74, 6) is -0.270. The molecule has 6 nitrogen and oxygen atoms in total. The second kappa shape index (κ2) is 6.80. The van der Waals surface area contributed by atoms with E-state index in [1.54, 1.807) is 30.1 Å². The minimum atomic E-state index is -0.270. The molecule has 0 spiro atoms. The molecule has 1 amide bonds. The summed E-state index contributed by atoms with van der Waals surface area (Å²) in [5, 5.41) is 11.5. The molecule has 0 atom stereocenters. The lowest BCUT2D eigenvalue weighted by Gasteiger charge is -2.06. The maximum Gasteiger partial charge on any atom is 0.274 e. The first-order chi connectivity index (χ1) is 11.6. The van der Waals surface area contributed by atoms with Gasteiger partial charge in [-0.2, -0.15) is 0 Å². The predicted molar refractivity (Wildman–Crippen MR) is 91.3 cm³/mol. The molecule has 3 aromatic rings. The number of carbonyl (C=O) groups is 1. The number of pyridine rings is 1. The van der Waals surface area contributed by atoms with E-state index >= 15 is 0 Å². The summed E-state index contributed by atoms with van der Waals surface area (Å²) >= 11 is 6.16. The summed E-state index contributed by atoms with van der Waals surface area (Å²) in [5.41, 5.74) is 3.66. The predicted octanol–water partition coefficient (Wildman–Crippen LogP) is 2.86. The third-order valence-electron chi connectivity index (χ3n) is 3.71. The Kier molecular flexibility index (Phi) is 4.57. The van der Waals surface area contributed by atoms with Crippen molar-refractivity contribution < 1.29 is 4.79 Å². The molecule has 0 unspecified atom stereocenters. The third kappa shape index (κ3) is 3.28. The molecule has 7 heteroatoms. The normalized spacial score (nSPS) is 10.6. The van der Waals surface area contributed by atoms with Crippen molar-refractivity contribution >= 4 is 17.5 Å². The Hall–Kier alpha value is -2.73. The Morgan fingerprint density at radius 2 is 1.96 bits per heavy atom. The van der Waals surface area contributed by atoms with Crippen molar-refractivity contribution in [3.8, 4) is 5.69 Å². The number of nitrogens with one attached hydrogen (secondary N) is 1. The van der Waals surface area contributed by atoms with Crippen molar-refractivity contribution in [3.05, 3.63) is 70.3 Å². The Balaban J connectivity index is 1.79. The van der Waals surface area contributed by atoms with Crippen molar-refractivity contribution in [2.75, 3.05) is 0 Å². The standard InChI is InChI=1S/C17H16ClN5O/c1-11-3-4-14(9-15(11)18)23-12(2)16(21-22-23)17(24)20-10-13-5-7-19-8-6-13/h3-9H,10H2,1-2H3,(H,20,24). The van der Waals surface area contributed by atoms with E-state index in [-0.39, 0.29) is 5.91 Å². The number of rotatable bonds is 4. The first-order valence-corrected chi connectivity index (χ1v) is 7.80. The van der Waals surface area contributed by atoms with Crippen LogP contribution in [0.25, 0.3) is 5.69 Å². The third-order valence-corrected chi connectivity index (χ3v) is 4.12. The molecule has 0 bridgehead atoms. The number of halogens is 1. The molecule has 3 rings (SSSR count). The largest absolute Gasteiger partial charge is 0.347 e. The molecular formula is C17H16ClN5O. The van der Waals surface area contributed by atoms with Gasteiger partial charge in [0.2, 0.25) is 0 Å². The molecule has 24 heavy (non-hydrogen) atoms. The van der Waals surface area contributed by atoms with Gasteiger partial charge >= 0.3 is 0 Å². The number of hydrogen-bond donors (Lipinski definition) is 1. The van der Waals surface area contributed by atoms with Gasteiger partial charge in [-0.25, -0.2) is 4.68 Å². The second-order valence-electron chi connectivity index (χ2n) is 5.41. The lowest BCUT2D eigenvalue weighted by atomic mass is 10.2. The highest BCUT2D eigenvalue weighted by molar-refractivity contribution is 6.31. The van der Waals surface area contributed by atoms with Gasteiger partial charge in [-0.15, -0.1) is 5.10 Å². The average Bonchev–Trinajstić information content (AvgIpc) is 2.98. The lowest BCUT2D eigenvalue weighted by molar-refractivity contribution is 0.0945. The molecule has 0 aliphatic carbocycles. The van der Waals surface area contributed by atoms with E-state index in [9.17, 15) is 4.79 Å². The zero-order valence-electron chi connectivity index (χ0n) is 13.3. The van der Waals surface area contributed by atoms with Crippen molar-refractivity contribution in [1.29, 1.82) is 0 Å². The Morgan fingerprint density at radius 3 is 2.67 bits per heavy atom. The summed E-state index contributed by atoms with van der Waals surface area (Å²) in [7, 11) is 0. The van der Waals surface area contributed by atoms with Crippen LogP contribution in [0.2, 0.25) is 5.02 Å². The van der Waals surface area contributed by atoms with Crippen LogP contribution in [-0.2, 0) is 6.54 Å². The number of aryl methyl sites for hydroxylation is 1. The maximum absolute atomic E-state index is 12.3. The second-order valence-corrected chi connectivity index (χ2v) is 5.81. The minimum absolute atomic E-state index is 0.270. The number of carbonyl (C=O) groups excluding carboxylic acids is 1. The van der Waals surface area contributed by atoms with Crippen LogP contribution in [0.15, 0.2) is 42.7 Å². The first-order valence-electron chi connectivity index (χ1n) is 7.42. The number of aromatic nitrogens is 4. The first kappa shape index (κ1) is 16.1. The fraction of sp³-hybridized carbons (Fsp3) is 0.176. The molecule has 0 aliphatic rings. The zero-order chi connectivity index (χ0) is 17.1. The van der Waals surface area contributed by atoms with Gasteiger partial charge < -0.3 is 5.32 Å². The van der Waals surface area contributed by atoms with E-state index in [0.29, 0.717) is 23.0 Å². The van der Waals surface area contributed by atoms with Gasteiger partial charge in [-0.3, -0.25) is 9.78 Å². The Morgan fingerprint density at radius 1 is 1.21 bits per heavy atom. The summed E-state index contributed by atoms with van der Waals surface area (Å²) in [6.07, 6.45) is 3.37. The molecule has 2 heterocycles. The fourth-order valence-corrected chi connectivity index (χ4v) is 2.44. The molecule has 0 radical (unpaired) electrons. The van der Waals surface area contributed by atoms with Gasteiger partial charge in [0.05, 0.1) is 11.4 Å². The van der Waals surface area contributed by atoms with E-state index in [1.807, 2.05) is 31.2 Å². The summed E-state index contributed by atoms with van der Waals surface area (Å²) in [4.78, 5) is 16.3. The quantitative estimate of drug-likeness (QED) is 0.792. The van der Waals surface area contributed by atoms with Gasteiger partial charge in [0, 0.05) is 24.0 Å². The topological polar surface area (TPSA) is 72.7 Å². The van der Waals surface area contributed by atoms with Gasteiger partial charge in [-0.1, -0.05) is 22.9 Å². The van der Waals surface area contributed by atoms with E-state index < -0.39 is 0 Å². The van der Waals surface area contributed by atoms with Crippen LogP contribution in [0.5, 0.6) is 0 Å². The smallest absolute Gasteiger partial charge is 0.274 e. The van der Waals surface area contributed by atoms with Crippen LogP contribution in [0, 0.1) is 13.8 Å². The molecule has 0 fully saturated rings. The van der Waals surface area contributed by atoms with Gasteiger partial charge in [0.1, 0.15) is 0 Å². The Labute approximate surface area is 144 Å². The number of benzene rings is 1. The van der Waals surface area contributed by atoms with E-state index in [1.165, 1.54) is 0 Å². The van der Waals surface area contributed by atoms with Gasteiger partial charge in [0.15, 0.2) is 5.69 Å². The highest BCUT2D eigenvalue weighted by atomic mass is 35.5. The van der Waals surface area contributed by atoms with E-state index in [4.69, 9.17) is 11.6 Å². The maximum atomic E-state index is 12.3. The van der Waals surface area contributed by atoms with Crippen molar-refractivity contribution in [3.63, 3.8) is 0 Å². The summed E-state index contributed by atoms with van der Waals surface area (Å²) < 4.78 is 1.60. The molecule has 0 saturated carbocycles. The van der Waals surface area contributed by atoms with Crippen LogP contribution in [0.3, 0.4) is 0 Å². The summed E-state index contributed by atoms with van der Waals surface area (Å²) in [6.45, 7) is 4.14. The average molecular weight is 342 g/mol. The van der Waals surface area contributed by atoms with Crippen molar-refractivity contribution in [1.82, 2.24) is 25.3 Å². The fourth-order valence-electron chi connectivity index (χ4n) is 2.26. The minimum Gasteiger partial charge on any atom is -0.347 e. The van der Waals surface area contributed by atoms with Crippen LogP contribution in [0.1, 0.15) is 27.3 Å². The highest BCUT2D eigenvalue weighted by Crippen LogP contribution is 2.20. The molecule has 2 aromatic heterocycles. The lowest BCUT2D eigenvalue weighted by Crippen LogP contribution is -2.24. The van der Waals surface area contributed by atoms with Crippen LogP contribution < -0.4 is 5.32 Å². The van der Waals surface area contributed by atoms with E-state index in [2.05, 4.69) is 20.6 Å². The summed E-state index contributed by atoms with van der Waals surface area (Å²) in [6, 6.07) is 9.29. The number of amides is 1. The molecular weight excluding hydrogens is 326 g/mol. The van der Waals surface area contributed by atoms with Gasteiger partial charge in [-0.05, 0) is 49.2 Å². The molecule has 1 N–H and O–H groups in total. The Bertz CT molecular complexity index is 876. The van der Waals surface area contributed by atoms with E-state index in [0.717, 1.165) is 16.8 Å². The SMILES string of the molecule is Cc1ccc(-n2nnc(C(=O)NCc3ccncc3)c2C)cc1Cl. The number of nitrogens with zero attached hydrogens (tertiary/aromatic N) is 4. The van der Waals surface area contributed by atoms with Crippen molar-refractivity contribution in [2.24, 2.45) is 0 Å². The van der Waals surface area contributed by atoms with Crippen LogP contribution in [0.4, 0.5) is 0 Å². The van der Waals surface area contributed by atoms with Crippen LogP contribution in [-0.4, -0.2) is 25.9 Å². The van der Waals surface area contributed by atoms with Crippen molar-refractivity contribution in [2.45, 2.75) is 20.4 Å². The molecule has 0 saturated heterocycles. The van der Waals surface area contributed by atoms with Gasteiger partial charge in [0.25, 0.3) is 5.91 Å². The molecule has 122 valence electrons. The highest BCUT2D eigenvalue weighted by Gasteiger charge is 2.17. The zero-order valence-corrected chi connectivity index (χ0v) is 14.1. The number of hydrogen-bond acceptors (Lipinski definition) is 4. The molecule has 1 aromatic carbocycles.